The van der Waals surface area contributed by atoms with Crippen LogP contribution in [0.1, 0.15) is 98.4 Å². The maximum Gasteiger partial charge on any atom is 0.138 e. The topological polar surface area (TPSA) is 33.5 Å². The van der Waals surface area contributed by atoms with E-state index in [2.05, 4.69) is 111 Å². The third-order valence-corrected chi connectivity index (χ3v) is 12.0. The highest BCUT2D eigenvalue weighted by Gasteiger charge is 2.30. The molecule has 1 aliphatic heterocycles. The zero-order valence-electron chi connectivity index (χ0n) is 43.0. The summed E-state index contributed by atoms with van der Waals surface area (Å²) >= 11 is 0. The molecule has 8 aromatic rings. The molecule has 6 aromatic carbocycles. The molecule has 9 rings (SSSR count). The summed E-state index contributed by atoms with van der Waals surface area (Å²) in [6, 6.07) is 40.4. The van der Waals surface area contributed by atoms with Crippen LogP contribution in [0.2, 0.25) is 0 Å². The van der Waals surface area contributed by atoms with Crippen molar-refractivity contribution in [2.24, 2.45) is 0 Å². The summed E-state index contributed by atoms with van der Waals surface area (Å²) in [5.74, 6) is 1.32. The fourth-order valence-electron chi connectivity index (χ4n) is 8.47. The minimum atomic E-state index is -2.55. The van der Waals surface area contributed by atoms with Crippen molar-refractivity contribution in [1.29, 1.82) is 0 Å². The van der Waals surface area contributed by atoms with Gasteiger partial charge >= 0.3 is 0 Å². The fourth-order valence-corrected chi connectivity index (χ4v) is 8.47. The van der Waals surface area contributed by atoms with Crippen LogP contribution in [0, 0.1) is 13.8 Å². The molecule has 0 amide bonds. The van der Waals surface area contributed by atoms with E-state index in [-0.39, 0.29) is 57.0 Å². The second-order valence-corrected chi connectivity index (χ2v) is 19.5. The number of fused-ring (bicyclic) bond motifs is 4. The monoisotopic (exact) mass is 808 g/mol. The zero-order chi connectivity index (χ0) is 48.1. The Hall–Kier alpha value is -6.33. The molecule has 61 heavy (non-hydrogen) atoms. The van der Waals surface area contributed by atoms with Crippen molar-refractivity contribution in [3.63, 3.8) is 0 Å². The quantitative estimate of drug-likeness (QED) is 0.168. The zero-order valence-corrected chi connectivity index (χ0v) is 37.0. The van der Waals surface area contributed by atoms with Crippen molar-refractivity contribution >= 4 is 44.6 Å². The van der Waals surface area contributed by atoms with Gasteiger partial charge in [-0.15, -0.1) is 0 Å². The highest BCUT2D eigenvalue weighted by Crippen LogP contribution is 2.47. The van der Waals surface area contributed by atoms with E-state index in [0.29, 0.717) is 29.2 Å². The number of hydrogen-bond acceptors (Lipinski definition) is 4. The van der Waals surface area contributed by atoms with Gasteiger partial charge in [0.15, 0.2) is 0 Å². The van der Waals surface area contributed by atoms with Crippen molar-refractivity contribution in [1.82, 2.24) is 9.55 Å². The van der Waals surface area contributed by atoms with Crippen LogP contribution in [-0.2, 0) is 16.2 Å². The van der Waals surface area contributed by atoms with Crippen LogP contribution in [0.4, 0.5) is 22.7 Å². The maximum atomic E-state index is 9.75. The number of pyridine rings is 1. The van der Waals surface area contributed by atoms with E-state index in [0.717, 1.165) is 44.6 Å². The number of nitrogens with zero attached hydrogens (tertiary/aromatic N) is 4. The van der Waals surface area contributed by atoms with E-state index in [4.69, 9.17) is 11.6 Å². The van der Waals surface area contributed by atoms with Crippen molar-refractivity contribution in [2.75, 3.05) is 16.5 Å². The van der Waals surface area contributed by atoms with Gasteiger partial charge in [0.05, 0.1) is 26.5 Å². The lowest BCUT2D eigenvalue weighted by Gasteiger charge is -2.29. The lowest BCUT2D eigenvalue weighted by Crippen LogP contribution is -2.25. The van der Waals surface area contributed by atoms with E-state index < -0.39 is 6.85 Å². The lowest BCUT2D eigenvalue weighted by atomic mass is 9.80. The summed E-state index contributed by atoms with van der Waals surface area (Å²) in [7, 11) is 0. The van der Waals surface area contributed by atoms with Crippen LogP contribution in [-0.4, -0.2) is 16.2 Å². The molecule has 308 valence electrons. The molecule has 1 aliphatic rings. The van der Waals surface area contributed by atoms with Gasteiger partial charge in [-0.25, -0.2) is 4.98 Å². The van der Waals surface area contributed by atoms with Gasteiger partial charge in [0.25, 0.3) is 0 Å². The standard InChI is InChI=1S/C56H58N4O/c1-36-27-39(54(3,4)5)28-37(2)53(36)38-25-26-57-52(29-38)60-48-20-13-12-19-46(48)47-24-23-45(34-51(47)60)61-44-18-16-17-42(33-44)58-35-59(50-22-15-14-21-49(50)58)43-31-40(55(6,7)8)30-41(32-43)56(9,10)11/h12-34H,35H2,1-11H3/i1D3,25D,26D,29D. The molecule has 2 aromatic heterocycles. The third kappa shape index (κ3) is 7.45. The molecular formula is C56H58N4O. The van der Waals surface area contributed by atoms with Crippen LogP contribution in [0.25, 0.3) is 38.8 Å². The number of hydrogen-bond donors (Lipinski definition) is 0. The predicted molar refractivity (Wildman–Crippen MR) is 258 cm³/mol. The molecule has 0 spiro atoms. The summed E-state index contributed by atoms with van der Waals surface area (Å²) in [5, 5.41) is 1.79. The van der Waals surface area contributed by atoms with Crippen LogP contribution in [0.15, 0.2) is 140 Å². The molecule has 5 nitrogen and oxygen atoms in total. The molecule has 0 bridgehead atoms. The molecule has 0 saturated carbocycles. The summed E-state index contributed by atoms with van der Waals surface area (Å²) in [6.07, 6.45) is -0.356. The summed E-state index contributed by atoms with van der Waals surface area (Å²) in [5.41, 5.74) is 9.81. The first-order chi connectivity index (χ1) is 31.4. The predicted octanol–water partition coefficient (Wildman–Crippen LogP) is 15.4. The largest absolute Gasteiger partial charge is 0.457 e. The third-order valence-electron chi connectivity index (χ3n) is 12.0. The molecule has 0 radical (unpaired) electrons. The van der Waals surface area contributed by atoms with Gasteiger partial charge in [-0.3, -0.25) is 4.57 Å². The fraction of sp³-hybridized carbons (Fsp3) is 0.268. The van der Waals surface area contributed by atoms with E-state index in [1.165, 1.54) is 11.1 Å². The van der Waals surface area contributed by atoms with Crippen molar-refractivity contribution in [2.45, 2.75) is 92.3 Å². The normalized spacial score (nSPS) is 15.0. The van der Waals surface area contributed by atoms with Gasteiger partial charge in [-0.1, -0.05) is 117 Å². The molecule has 0 aliphatic carbocycles. The Morgan fingerprint density at radius 2 is 1.20 bits per heavy atom. The summed E-state index contributed by atoms with van der Waals surface area (Å²) in [4.78, 5) is 9.30. The Balaban J connectivity index is 1.13. The van der Waals surface area contributed by atoms with Crippen LogP contribution in [0.5, 0.6) is 11.5 Å². The minimum Gasteiger partial charge on any atom is -0.457 e. The van der Waals surface area contributed by atoms with E-state index >= 15 is 0 Å². The lowest BCUT2D eigenvalue weighted by molar-refractivity contribution is 0.483. The van der Waals surface area contributed by atoms with Crippen LogP contribution < -0.4 is 14.5 Å². The molecule has 0 unspecified atom stereocenters. The highest BCUT2D eigenvalue weighted by molar-refractivity contribution is 6.09. The highest BCUT2D eigenvalue weighted by atomic mass is 16.5. The number of aryl methyl sites for hydroxylation is 2. The Kier molecular flexibility index (Phi) is 8.04. The Morgan fingerprint density at radius 1 is 0.590 bits per heavy atom. The van der Waals surface area contributed by atoms with Gasteiger partial charge in [-0.05, 0) is 136 Å². The first kappa shape index (κ1) is 33.4. The van der Waals surface area contributed by atoms with Crippen molar-refractivity contribution in [3.05, 3.63) is 167 Å². The second-order valence-electron chi connectivity index (χ2n) is 19.5. The number of benzene rings is 6. The molecular weight excluding hydrogens is 745 g/mol. The van der Waals surface area contributed by atoms with Crippen molar-refractivity contribution in [3.8, 4) is 28.4 Å². The van der Waals surface area contributed by atoms with Gasteiger partial charge in [0.1, 0.15) is 24.0 Å². The molecule has 5 heteroatoms. The maximum absolute atomic E-state index is 9.75. The minimum absolute atomic E-state index is 0.0263. The SMILES string of the molecule is [2H]c1nc(-n2c3ccccc3c3ccc(Oc4cccc(N5CN(c6cc(C(C)(C)C)cc(C(C)(C)C)c6)c6ccccc65)c4)cc32)c([2H])c(-c2c(C)cc(C(C)(C)C)cc2C([2H])([2H])[2H])c1[2H]. The molecule has 0 fully saturated rings. The Morgan fingerprint density at radius 3 is 1.89 bits per heavy atom. The Bertz CT molecular complexity index is 3230. The van der Waals surface area contributed by atoms with Crippen LogP contribution in [0.3, 0.4) is 0 Å². The van der Waals surface area contributed by atoms with Gasteiger partial charge in [-0.2, -0.15) is 0 Å². The van der Waals surface area contributed by atoms with Gasteiger partial charge in [0.2, 0.25) is 0 Å². The number of para-hydroxylation sites is 3. The number of rotatable bonds is 6. The summed E-state index contributed by atoms with van der Waals surface area (Å²) in [6.45, 7) is 19.5. The smallest absolute Gasteiger partial charge is 0.138 e. The molecule has 0 atom stereocenters. The number of anilines is 4. The van der Waals surface area contributed by atoms with Gasteiger partial charge in [0, 0.05) is 44.6 Å². The van der Waals surface area contributed by atoms with Gasteiger partial charge < -0.3 is 14.5 Å². The first-order valence-corrected chi connectivity index (χ1v) is 21.2. The molecule has 0 N–H and O–H groups in total. The van der Waals surface area contributed by atoms with Crippen molar-refractivity contribution < 1.29 is 13.0 Å². The van der Waals surface area contributed by atoms with E-state index in [1.54, 1.807) is 6.07 Å². The summed E-state index contributed by atoms with van der Waals surface area (Å²) < 4.78 is 62.2. The Labute approximate surface area is 370 Å². The molecule has 0 saturated heterocycles. The van der Waals surface area contributed by atoms with Crippen LogP contribution >= 0.6 is 0 Å². The average Bonchev–Trinajstić information content (AvgIpc) is 3.80. The number of ether oxygens (including phenoxy) is 1. The average molecular weight is 809 g/mol. The number of aromatic nitrogens is 2. The first-order valence-electron chi connectivity index (χ1n) is 24.2. The van der Waals surface area contributed by atoms with E-state index in [1.807, 2.05) is 92.9 Å². The molecule has 3 heterocycles. The van der Waals surface area contributed by atoms with E-state index in [9.17, 15) is 1.37 Å². The second kappa shape index (κ2) is 14.7.